The van der Waals surface area contributed by atoms with Crippen molar-refractivity contribution in [2.45, 2.75) is 0 Å². The molecule has 2 aromatic rings. The molecule has 0 radical (unpaired) electrons. The van der Waals surface area contributed by atoms with Gasteiger partial charge in [-0.3, -0.25) is 25.0 Å². The number of carbonyl (C=O) groups excluding carboxylic acids is 1. The molecule has 0 saturated carbocycles. The number of nitrogens with one attached hydrogen (secondary N) is 1. The van der Waals surface area contributed by atoms with E-state index in [0.717, 1.165) is 6.20 Å². The van der Waals surface area contributed by atoms with E-state index in [1.165, 1.54) is 48.6 Å². The third-order valence-corrected chi connectivity index (χ3v) is 2.74. The van der Waals surface area contributed by atoms with Gasteiger partial charge >= 0.3 is 0 Å². The first-order valence-corrected chi connectivity index (χ1v) is 6.29. The monoisotopic (exact) mass is 314 g/mol. The molecule has 0 spiro atoms. The van der Waals surface area contributed by atoms with Gasteiger partial charge in [0.25, 0.3) is 11.4 Å². The number of carbonyl (C=O) groups is 1. The van der Waals surface area contributed by atoms with E-state index < -0.39 is 15.8 Å². The Balaban J connectivity index is 1.98. The number of aromatic nitrogens is 1. The highest BCUT2D eigenvalue weighted by Crippen LogP contribution is 2.14. The molecule has 0 aliphatic rings. The number of nitro benzene ring substituents is 1. The summed E-state index contributed by atoms with van der Waals surface area (Å²) in [6, 6.07) is 8.21. The summed E-state index contributed by atoms with van der Waals surface area (Å²) >= 11 is 0. The van der Waals surface area contributed by atoms with Crippen molar-refractivity contribution in [3.05, 3.63) is 74.5 Å². The van der Waals surface area contributed by atoms with Crippen molar-refractivity contribution in [3.63, 3.8) is 0 Å². The summed E-state index contributed by atoms with van der Waals surface area (Å²) in [5, 5.41) is 23.4. The highest BCUT2D eigenvalue weighted by Gasteiger charge is 2.06. The summed E-state index contributed by atoms with van der Waals surface area (Å²) in [6.45, 7) is 0. The van der Waals surface area contributed by atoms with Crippen LogP contribution in [0.1, 0.15) is 5.56 Å². The van der Waals surface area contributed by atoms with Gasteiger partial charge in [-0.2, -0.15) is 0 Å². The zero-order valence-corrected chi connectivity index (χ0v) is 11.6. The molecule has 23 heavy (non-hydrogen) atoms. The van der Waals surface area contributed by atoms with Crippen LogP contribution >= 0.6 is 0 Å². The zero-order valence-electron chi connectivity index (χ0n) is 11.6. The third-order valence-electron chi connectivity index (χ3n) is 2.74. The van der Waals surface area contributed by atoms with Crippen molar-refractivity contribution in [2.75, 3.05) is 5.32 Å². The lowest BCUT2D eigenvalue weighted by Gasteiger charge is -2.00. The van der Waals surface area contributed by atoms with Gasteiger partial charge in [0.15, 0.2) is 0 Å². The van der Waals surface area contributed by atoms with Crippen LogP contribution in [0, 0.1) is 20.2 Å². The van der Waals surface area contributed by atoms with Crippen LogP contribution in [-0.2, 0) is 4.79 Å². The average Bonchev–Trinajstić information content (AvgIpc) is 2.54. The fraction of sp³-hybridized carbons (Fsp3) is 0. The first kappa shape index (κ1) is 15.8. The van der Waals surface area contributed by atoms with E-state index in [1.807, 2.05) is 0 Å². The van der Waals surface area contributed by atoms with Crippen LogP contribution in [0.25, 0.3) is 6.08 Å². The number of nitrogens with zero attached hydrogens (tertiary/aromatic N) is 3. The number of nitro groups is 2. The molecule has 2 rings (SSSR count). The molecular weight excluding hydrogens is 304 g/mol. The third kappa shape index (κ3) is 4.43. The Morgan fingerprint density at radius 2 is 1.61 bits per heavy atom. The molecule has 0 unspecified atom stereocenters. The van der Waals surface area contributed by atoms with Crippen LogP contribution in [0.15, 0.2) is 48.7 Å². The lowest BCUT2D eigenvalue weighted by atomic mass is 10.2. The second kappa shape index (κ2) is 6.89. The van der Waals surface area contributed by atoms with Gasteiger partial charge in [-0.1, -0.05) is 0 Å². The minimum atomic E-state index is -0.590. The zero-order chi connectivity index (χ0) is 16.8. The average molecular weight is 314 g/mol. The number of hydrogen-bond acceptors (Lipinski definition) is 6. The van der Waals surface area contributed by atoms with Gasteiger partial charge in [0.05, 0.1) is 9.85 Å². The first-order valence-electron chi connectivity index (χ1n) is 6.29. The summed E-state index contributed by atoms with van der Waals surface area (Å²) in [5.41, 5.74) is 0.397. The van der Waals surface area contributed by atoms with E-state index in [0.29, 0.717) is 5.56 Å². The normalized spacial score (nSPS) is 10.4. The molecule has 9 heteroatoms. The van der Waals surface area contributed by atoms with Crippen molar-refractivity contribution >= 4 is 29.2 Å². The highest BCUT2D eigenvalue weighted by atomic mass is 16.6. The predicted molar refractivity (Wildman–Crippen MR) is 81.7 cm³/mol. The number of benzene rings is 1. The summed E-state index contributed by atoms with van der Waals surface area (Å²) in [4.78, 5) is 35.3. The van der Waals surface area contributed by atoms with E-state index in [1.54, 1.807) is 0 Å². The number of hydrogen-bond donors (Lipinski definition) is 1. The van der Waals surface area contributed by atoms with Gasteiger partial charge < -0.3 is 5.32 Å². The number of amides is 1. The Labute approximate surface area is 129 Å². The number of anilines is 1. The molecule has 1 aromatic heterocycles. The molecule has 0 aliphatic heterocycles. The topological polar surface area (TPSA) is 128 Å². The standard InChI is InChI=1S/C14H10N4O5/c19-14(16-13-7-6-12(9-15-13)18(22)23)8-3-10-1-4-11(5-2-10)17(20)21/h1-9H,(H,15,16,19)/b8-3+. The Morgan fingerprint density at radius 1 is 1.00 bits per heavy atom. The lowest BCUT2D eigenvalue weighted by molar-refractivity contribution is -0.385. The minimum absolute atomic E-state index is 0.0401. The number of non-ortho nitro benzene ring substituents is 1. The van der Waals surface area contributed by atoms with Crippen LogP contribution in [0.4, 0.5) is 17.2 Å². The molecule has 0 bridgehead atoms. The van der Waals surface area contributed by atoms with E-state index in [2.05, 4.69) is 10.3 Å². The SMILES string of the molecule is O=C(/C=C/c1ccc([N+](=O)[O-])cc1)Nc1ccc([N+](=O)[O-])cn1. The molecule has 0 aliphatic carbocycles. The van der Waals surface area contributed by atoms with Gasteiger partial charge in [-0.05, 0) is 29.8 Å². The molecule has 1 N–H and O–H groups in total. The van der Waals surface area contributed by atoms with Crippen molar-refractivity contribution in [1.29, 1.82) is 0 Å². The largest absolute Gasteiger partial charge is 0.307 e. The van der Waals surface area contributed by atoms with Gasteiger partial charge in [-0.15, -0.1) is 0 Å². The van der Waals surface area contributed by atoms with E-state index in [4.69, 9.17) is 0 Å². The molecule has 0 fully saturated rings. The molecule has 9 nitrogen and oxygen atoms in total. The molecule has 0 atom stereocenters. The van der Waals surface area contributed by atoms with Crippen molar-refractivity contribution < 1.29 is 14.6 Å². The fourth-order valence-electron chi connectivity index (χ4n) is 1.61. The van der Waals surface area contributed by atoms with Crippen LogP contribution < -0.4 is 5.32 Å². The first-order chi connectivity index (χ1) is 11.0. The van der Waals surface area contributed by atoms with Crippen LogP contribution in [-0.4, -0.2) is 20.7 Å². The van der Waals surface area contributed by atoms with Gasteiger partial charge in [-0.25, -0.2) is 4.98 Å². The Hall–Kier alpha value is -3.62. The highest BCUT2D eigenvalue weighted by molar-refractivity contribution is 6.01. The molecular formula is C14H10N4O5. The van der Waals surface area contributed by atoms with E-state index in [9.17, 15) is 25.0 Å². The van der Waals surface area contributed by atoms with Crippen molar-refractivity contribution in [2.24, 2.45) is 0 Å². The minimum Gasteiger partial charge on any atom is -0.307 e. The molecule has 1 heterocycles. The Morgan fingerprint density at radius 3 is 2.13 bits per heavy atom. The Bertz CT molecular complexity index is 769. The maximum atomic E-state index is 11.7. The van der Waals surface area contributed by atoms with Gasteiger partial charge in [0.2, 0.25) is 5.91 Å². The van der Waals surface area contributed by atoms with Crippen molar-refractivity contribution in [3.8, 4) is 0 Å². The van der Waals surface area contributed by atoms with E-state index >= 15 is 0 Å². The maximum absolute atomic E-state index is 11.7. The molecule has 1 amide bonds. The summed E-state index contributed by atoms with van der Waals surface area (Å²) in [6.07, 6.45) is 3.74. The predicted octanol–water partition coefficient (Wildman–Crippen LogP) is 2.55. The van der Waals surface area contributed by atoms with Crippen molar-refractivity contribution in [1.82, 2.24) is 4.98 Å². The van der Waals surface area contributed by atoms with Gasteiger partial charge in [0.1, 0.15) is 12.0 Å². The molecule has 116 valence electrons. The molecule has 1 aromatic carbocycles. The lowest BCUT2D eigenvalue weighted by Crippen LogP contribution is -2.09. The Kier molecular flexibility index (Phi) is 4.72. The van der Waals surface area contributed by atoms with Crippen LogP contribution in [0.2, 0.25) is 0 Å². The molecule has 0 saturated heterocycles. The van der Waals surface area contributed by atoms with Crippen LogP contribution in [0.3, 0.4) is 0 Å². The number of pyridine rings is 1. The summed E-state index contributed by atoms with van der Waals surface area (Å²) in [7, 11) is 0. The number of rotatable bonds is 5. The second-order valence-corrected chi connectivity index (χ2v) is 4.33. The van der Waals surface area contributed by atoms with E-state index in [-0.39, 0.29) is 17.2 Å². The fourth-order valence-corrected chi connectivity index (χ4v) is 1.61. The maximum Gasteiger partial charge on any atom is 0.287 e. The van der Waals surface area contributed by atoms with Gasteiger partial charge in [0, 0.05) is 24.3 Å². The smallest absolute Gasteiger partial charge is 0.287 e. The quantitative estimate of drug-likeness (QED) is 0.513. The summed E-state index contributed by atoms with van der Waals surface area (Å²) in [5.74, 6) is -0.307. The second-order valence-electron chi connectivity index (χ2n) is 4.33. The van der Waals surface area contributed by atoms with Crippen LogP contribution in [0.5, 0.6) is 0 Å². The summed E-state index contributed by atoms with van der Waals surface area (Å²) < 4.78 is 0.